The Hall–Kier alpha value is -1.35. The quantitative estimate of drug-likeness (QED) is 0.857. The molecule has 1 aromatic carbocycles. The van der Waals surface area contributed by atoms with Crippen molar-refractivity contribution in [1.29, 1.82) is 0 Å². The summed E-state index contributed by atoms with van der Waals surface area (Å²) in [6.45, 7) is 8.82. The molecule has 0 atom stereocenters. The Morgan fingerprint density at radius 1 is 1.29 bits per heavy atom. The van der Waals surface area contributed by atoms with E-state index < -0.39 is 0 Å². The molecule has 1 N–H and O–H groups in total. The van der Waals surface area contributed by atoms with E-state index in [1.54, 1.807) is 6.07 Å². The molecule has 0 aliphatic rings. The fourth-order valence-electron chi connectivity index (χ4n) is 1.72. The number of fused-ring (bicyclic) bond motifs is 1. The number of rotatable bonds is 2. The Kier molecular flexibility index (Phi) is 2.96. The molecule has 1 aromatic heterocycles. The second kappa shape index (κ2) is 4.15. The molecule has 2 rings (SSSR count). The van der Waals surface area contributed by atoms with E-state index in [9.17, 15) is 4.39 Å². The molecule has 17 heavy (non-hydrogen) atoms. The highest BCUT2D eigenvalue weighted by atomic mass is 19.1. The fourth-order valence-corrected chi connectivity index (χ4v) is 1.72. The Morgan fingerprint density at radius 2 is 2.00 bits per heavy atom. The van der Waals surface area contributed by atoms with Crippen LogP contribution in [0.25, 0.3) is 11.0 Å². The van der Waals surface area contributed by atoms with Crippen LogP contribution in [0.4, 0.5) is 4.39 Å². The molecule has 3 heteroatoms. The van der Waals surface area contributed by atoms with Crippen LogP contribution < -0.4 is 5.32 Å². The van der Waals surface area contributed by atoms with Crippen LogP contribution in [-0.2, 0) is 6.54 Å². The van der Waals surface area contributed by atoms with Crippen molar-refractivity contribution in [2.24, 2.45) is 0 Å². The zero-order valence-electron chi connectivity index (χ0n) is 10.7. The summed E-state index contributed by atoms with van der Waals surface area (Å²) in [5.74, 6) is 0.468. The first kappa shape index (κ1) is 12.1. The van der Waals surface area contributed by atoms with E-state index in [2.05, 4.69) is 26.1 Å². The van der Waals surface area contributed by atoms with E-state index in [1.807, 2.05) is 13.0 Å². The van der Waals surface area contributed by atoms with Gasteiger partial charge in [0.2, 0.25) is 0 Å². The Morgan fingerprint density at radius 3 is 2.59 bits per heavy atom. The lowest BCUT2D eigenvalue weighted by Gasteiger charge is -2.19. The maximum absolute atomic E-state index is 13.5. The summed E-state index contributed by atoms with van der Waals surface area (Å²) in [5.41, 5.74) is 1.41. The third-order valence-corrected chi connectivity index (χ3v) is 2.70. The molecule has 0 unspecified atom stereocenters. The minimum Gasteiger partial charge on any atom is -0.457 e. The highest BCUT2D eigenvalue weighted by Gasteiger charge is 2.13. The van der Waals surface area contributed by atoms with Crippen molar-refractivity contribution in [3.05, 3.63) is 35.3 Å². The Balaban J connectivity index is 2.32. The topological polar surface area (TPSA) is 25.2 Å². The third kappa shape index (κ3) is 2.67. The summed E-state index contributed by atoms with van der Waals surface area (Å²) >= 11 is 0. The average molecular weight is 235 g/mol. The van der Waals surface area contributed by atoms with Crippen LogP contribution >= 0.6 is 0 Å². The first-order valence-corrected chi connectivity index (χ1v) is 5.79. The van der Waals surface area contributed by atoms with Crippen LogP contribution in [0, 0.1) is 12.7 Å². The zero-order valence-corrected chi connectivity index (χ0v) is 10.7. The largest absolute Gasteiger partial charge is 0.457 e. The van der Waals surface area contributed by atoms with E-state index >= 15 is 0 Å². The number of halogens is 1. The van der Waals surface area contributed by atoms with E-state index in [0.29, 0.717) is 12.1 Å². The zero-order chi connectivity index (χ0) is 12.6. The van der Waals surface area contributed by atoms with Crippen molar-refractivity contribution in [1.82, 2.24) is 5.32 Å². The van der Waals surface area contributed by atoms with Crippen LogP contribution in [0.5, 0.6) is 0 Å². The summed E-state index contributed by atoms with van der Waals surface area (Å²) < 4.78 is 19.1. The number of benzene rings is 1. The predicted octanol–water partition coefficient (Wildman–Crippen LogP) is 3.77. The van der Waals surface area contributed by atoms with E-state index in [4.69, 9.17) is 4.42 Å². The van der Waals surface area contributed by atoms with Crippen molar-refractivity contribution in [2.45, 2.75) is 39.8 Å². The number of hydrogen-bond acceptors (Lipinski definition) is 2. The number of furan rings is 1. The third-order valence-electron chi connectivity index (χ3n) is 2.70. The molecule has 0 aliphatic heterocycles. The van der Waals surface area contributed by atoms with Gasteiger partial charge in [-0.1, -0.05) is 6.07 Å². The maximum atomic E-state index is 13.5. The fraction of sp³-hybridized carbons (Fsp3) is 0.429. The standard InChI is InChI=1S/C14H18FNO/c1-9-5-6-12(15)13-11(9)7-10(17-13)8-16-14(2,3)4/h5-7,16H,8H2,1-4H3. The molecule has 0 fully saturated rings. The molecule has 0 radical (unpaired) electrons. The highest BCUT2D eigenvalue weighted by molar-refractivity contribution is 5.82. The molecule has 0 saturated heterocycles. The van der Waals surface area contributed by atoms with Gasteiger partial charge in [-0.2, -0.15) is 0 Å². The van der Waals surface area contributed by atoms with Crippen molar-refractivity contribution in [3.63, 3.8) is 0 Å². The molecule has 2 nitrogen and oxygen atoms in total. The maximum Gasteiger partial charge on any atom is 0.170 e. The molecule has 92 valence electrons. The van der Waals surface area contributed by atoms with Gasteiger partial charge in [-0.05, 0) is 45.4 Å². The minimum absolute atomic E-state index is 0.0204. The van der Waals surface area contributed by atoms with Gasteiger partial charge in [-0.3, -0.25) is 0 Å². The lowest BCUT2D eigenvalue weighted by molar-refractivity contribution is 0.393. The highest BCUT2D eigenvalue weighted by Crippen LogP contribution is 2.25. The van der Waals surface area contributed by atoms with Crippen molar-refractivity contribution < 1.29 is 8.81 Å². The number of aryl methyl sites for hydroxylation is 1. The van der Waals surface area contributed by atoms with Crippen molar-refractivity contribution in [3.8, 4) is 0 Å². The molecule has 2 aromatic rings. The Bertz CT molecular complexity index is 498. The predicted molar refractivity (Wildman–Crippen MR) is 67.5 cm³/mol. The number of nitrogens with one attached hydrogen (secondary N) is 1. The van der Waals surface area contributed by atoms with E-state index in [0.717, 1.165) is 16.7 Å². The van der Waals surface area contributed by atoms with Gasteiger partial charge in [-0.15, -0.1) is 0 Å². The van der Waals surface area contributed by atoms with Crippen LogP contribution in [-0.4, -0.2) is 5.54 Å². The van der Waals surface area contributed by atoms with Gasteiger partial charge < -0.3 is 9.73 Å². The molecule has 0 bridgehead atoms. The van der Waals surface area contributed by atoms with Gasteiger partial charge >= 0.3 is 0 Å². The van der Waals surface area contributed by atoms with Gasteiger partial charge in [-0.25, -0.2) is 4.39 Å². The lowest BCUT2D eigenvalue weighted by Crippen LogP contribution is -2.34. The monoisotopic (exact) mass is 235 g/mol. The van der Waals surface area contributed by atoms with Gasteiger partial charge in [0.25, 0.3) is 0 Å². The summed E-state index contributed by atoms with van der Waals surface area (Å²) in [5, 5.41) is 4.18. The summed E-state index contributed by atoms with van der Waals surface area (Å²) in [6.07, 6.45) is 0. The van der Waals surface area contributed by atoms with Gasteiger partial charge in [0.15, 0.2) is 11.4 Å². The molecule has 0 amide bonds. The van der Waals surface area contributed by atoms with Gasteiger partial charge in [0.1, 0.15) is 5.76 Å². The first-order chi connectivity index (χ1) is 7.87. The smallest absolute Gasteiger partial charge is 0.170 e. The Labute approximate surface area is 101 Å². The average Bonchev–Trinajstić information content (AvgIpc) is 2.65. The van der Waals surface area contributed by atoms with Gasteiger partial charge in [0.05, 0.1) is 6.54 Å². The second-order valence-corrected chi connectivity index (χ2v) is 5.42. The second-order valence-electron chi connectivity index (χ2n) is 5.42. The van der Waals surface area contributed by atoms with E-state index in [-0.39, 0.29) is 11.4 Å². The minimum atomic E-state index is -0.299. The van der Waals surface area contributed by atoms with E-state index in [1.165, 1.54) is 6.07 Å². The van der Waals surface area contributed by atoms with Crippen molar-refractivity contribution in [2.75, 3.05) is 0 Å². The molecular formula is C14H18FNO. The van der Waals surface area contributed by atoms with Crippen LogP contribution in [0.2, 0.25) is 0 Å². The molecule has 0 aliphatic carbocycles. The first-order valence-electron chi connectivity index (χ1n) is 5.79. The van der Waals surface area contributed by atoms with Crippen LogP contribution in [0.1, 0.15) is 32.1 Å². The summed E-state index contributed by atoms with van der Waals surface area (Å²) in [4.78, 5) is 0. The van der Waals surface area contributed by atoms with Crippen molar-refractivity contribution >= 4 is 11.0 Å². The molecule has 0 spiro atoms. The SMILES string of the molecule is Cc1ccc(F)c2oc(CNC(C)(C)C)cc12. The normalized spacial score (nSPS) is 12.3. The van der Waals surface area contributed by atoms with Gasteiger partial charge in [0, 0.05) is 10.9 Å². The molecular weight excluding hydrogens is 217 g/mol. The van der Waals surface area contributed by atoms with Crippen LogP contribution in [0.15, 0.2) is 22.6 Å². The van der Waals surface area contributed by atoms with Crippen LogP contribution in [0.3, 0.4) is 0 Å². The molecule has 0 saturated carbocycles. The summed E-state index contributed by atoms with van der Waals surface area (Å²) in [6, 6.07) is 5.13. The lowest BCUT2D eigenvalue weighted by atomic mass is 10.1. The number of hydrogen-bond donors (Lipinski definition) is 1. The summed E-state index contributed by atoms with van der Waals surface area (Å²) in [7, 11) is 0. The molecule has 1 heterocycles.